The molecule has 0 heterocycles. The fourth-order valence-corrected chi connectivity index (χ4v) is 1.22. The maximum Gasteiger partial charge on any atom is 0.320 e. The standard InChI is InChI=1S/C12H25NO2/c1-8(2)10(11(14)15)13-7-9(3)12(4,5)6/h8-10,13H,7H2,1-6H3,(H,14,15). The van der Waals surface area contributed by atoms with Gasteiger partial charge in [-0.3, -0.25) is 4.79 Å². The molecule has 0 aromatic heterocycles. The summed E-state index contributed by atoms with van der Waals surface area (Å²) >= 11 is 0. The molecule has 2 unspecified atom stereocenters. The Morgan fingerprint density at radius 3 is 2.00 bits per heavy atom. The lowest BCUT2D eigenvalue weighted by Crippen LogP contribution is -2.44. The van der Waals surface area contributed by atoms with Gasteiger partial charge in [-0.1, -0.05) is 41.5 Å². The van der Waals surface area contributed by atoms with Crippen LogP contribution in [0.15, 0.2) is 0 Å². The SMILES string of the molecule is CC(C)C(NCC(C)C(C)(C)C)C(=O)O. The quantitative estimate of drug-likeness (QED) is 0.740. The van der Waals surface area contributed by atoms with Gasteiger partial charge in [0.2, 0.25) is 0 Å². The number of carboxylic acids is 1. The van der Waals surface area contributed by atoms with Gasteiger partial charge in [0.05, 0.1) is 0 Å². The van der Waals surface area contributed by atoms with Gasteiger partial charge in [-0.15, -0.1) is 0 Å². The topological polar surface area (TPSA) is 49.3 Å². The Hall–Kier alpha value is -0.570. The van der Waals surface area contributed by atoms with Crippen LogP contribution in [-0.4, -0.2) is 23.7 Å². The van der Waals surface area contributed by atoms with E-state index in [9.17, 15) is 4.79 Å². The van der Waals surface area contributed by atoms with Crippen molar-refractivity contribution in [1.82, 2.24) is 5.32 Å². The first-order chi connectivity index (χ1) is 6.66. The van der Waals surface area contributed by atoms with Crippen molar-refractivity contribution < 1.29 is 9.90 Å². The molecular formula is C12H25NO2. The molecule has 0 aromatic carbocycles. The molecule has 0 radical (unpaired) electrons. The highest BCUT2D eigenvalue weighted by molar-refractivity contribution is 5.73. The Bertz CT molecular complexity index is 206. The molecule has 0 aromatic rings. The molecule has 0 bridgehead atoms. The normalized spacial score (nSPS) is 16.5. The fraction of sp³-hybridized carbons (Fsp3) is 0.917. The molecule has 2 atom stereocenters. The summed E-state index contributed by atoms with van der Waals surface area (Å²) in [7, 11) is 0. The molecule has 0 fully saturated rings. The van der Waals surface area contributed by atoms with E-state index in [0.29, 0.717) is 5.92 Å². The number of rotatable bonds is 5. The number of nitrogens with one attached hydrogen (secondary N) is 1. The van der Waals surface area contributed by atoms with Crippen molar-refractivity contribution >= 4 is 5.97 Å². The Kier molecular flexibility index (Phi) is 5.29. The van der Waals surface area contributed by atoms with E-state index in [1.165, 1.54) is 0 Å². The number of aliphatic carboxylic acids is 1. The third kappa shape index (κ3) is 5.17. The van der Waals surface area contributed by atoms with Gasteiger partial charge in [-0.25, -0.2) is 0 Å². The molecule has 2 N–H and O–H groups in total. The summed E-state index contributed by atoms with van der Waals surface area (Å²) in [4.78, 5) is 10.9. The Morgan fingerprint density at radius 1 is 1.27 bits per heavy atom. The molecule has 0 aliphatic heterocycles. The third-order valence-corrected chi connectivity index (χ3v) is 3.06. The number of hydrogen-bond acceptors (Lipinski definition) is 2. The van der Waals surface area contributed by atoms with Gasteiger partial charge in [0, 0.05) is 0 Å². The fourth-order valence-electron chi connectivity index (χ4n) is 1.22. The lowest BCUT2D eigenvalue weighted by molar-refractivity contribution is -0.140. The maximum atomic E-state index is 10.9. The average Bonchev–Trinajstić information content (AvgIpc) is 2.00. The summed E-state index contributed by atoms with van der Waals surface area (Å²) in [5, 5.41) is 12.1. The van der Waals surface area contributed by atoms with Crippen LogP contribution in [0.4, 0.5) is 0 Å². The van der Waals surface area contributed by atoms with E-state index in [-0.39, 0.29) is 11.3 Å². The van der Waals surface area contributed by atoms with Crippen molar-refractivity contribution in [2.24, 2.45) is 17.3 Å². The maximum absolute atomic E-state index is 10.9. The van der Waals surface area contributed by atoms with Crippen molar-refractivity contribution in [3.63, 3.8) is 0 Å². The molecule has 0 saturated carbocycles. The Balaban J connectivity index is 4.18. The largest absolute Gasteiger partial charge is 0.480 e. The van der Waals surface area contributed by atoms with Crippen LogP contribution in [0.2, 0.25) is 0 Å². The van der Waals surface area contributed by atoms with E-state index >= 15 is 0 Å². The van der Waals surface area contributed by atoms with Crippen molar-refractivity contribution in [2.45, 2.75) is 47.6 Å². The summed E-state index contributed by atoms with van der Waals surface area (Å²) in [5.41, 5.74) is 0.215. The van der Waals surface area contributed by atoms with Crippen molar-refractivity contribution in [2.75, 3.05) is 6.54 Å². The predicted molar refractivity (Wildman–Crippen MR) is 62.9 cm³/mol. The summed E-state index contributed by atoms with van der Waals surface area (Å²) in [6.45, 7) is 13.3. The summed E-state index contributed by atoms with van der Waals surface area (Å²) in [6, 6.07) is -0.435. The van der Waals surface area contributed by atoms with Gasteiger partial charge < -0.3 is 10.4 Å². The first-order valence-electron chi connectivity index (χ1n) is 5.62. The molecule has 90 valence electrons. The minimum atomic E-state index is -0.758. The van der Waals surface area contributed by atoms with E-state index < -0.39 is 12.0 Å². The second-order valence-corrected chi connectivity index (χ2v) is 5.74. The van der Waals surface area contributed by atoms with E-state index in [2.05, 4.69) is 33.0 Å². The van der Waals surface area contributed by atoms with Crippen LogP contribution in [0, 0.1) is 17.3 Å². The lowest BCUT2D eigenvalue weighted by Gasteiger charge is -2.29. The van der Waals surface area contributed by atoms with Crippen molar-refractivity contribution in [3.8, 4) is 0 Å². The summed E-state index contributed by atoms with van der Waals surface area (Å²) in [6.07, 6.45) is 0. The number of hydrogen-bond donors (Lipinski definition) is 2. The highest BCUT2D eigenvalue weighted by Crippen LogP contribution is 2.24. The van der Waals surface area contributed by atoms with Gasteiger partial charge in [-0.05, 0) is 23.8 Å². The van der Waals surface area contributed by atoms with Crippen molar-refractivity contribution in [3.05, 3.63) is 0 Å². The van der Waals surface area contributed by atoms with E-state index in [1.54, 1.807) is 0 Å². The monoisotopic (exact) mass is 215 g/mol. The van der Waals surface area contributed by atoms with Gasteiger partial charge >= 0.3 is 5.97 Å². The van der Waals surface area contributed by atoms with Gasteiger partial charge in [-0.2, -0.15) is 0 Å². The van der Waals surface area contributed by atoms with Crippen LogP contribution in [-0.2, 0) is 4.79 Å². The average molecular weight is 215 g/mol. The van der Waals surface area contributed by atoms with Crippen LogP contribution in [0.1, 0.15) is 41.5 Å². The first kappa shape index (κ1) is 14.4. The zero-order valence-electron chi connectivity index (χ0n) is 10.8. The number of carboxylic acid groups (broad SMARTS) is 1. The molecule has 3 heteroatoms. The molecule has 0 spiro atoms. The molecular weight excluding hydrogens is 190 g/mol. The minimum absolute atomic E-state index is 0.120. The Morgan fingerprint density at radius 2 is 1.73 bits per heavy atom. The molecule has 0 rings (SSSR count). The first-order valence-corrected chi connectivity index (χ1v) is 5.62. The van der Waals surface area contributed by atoms with E-state index in [4.69, 9.17) is 5.11 Å². The minimum Gasteiger partial charge on any atom is -0.480 e. The van der Waals surface area contributed by atoms with E-state index in [1.807, 2.05) is 13.8 Å². The smallest absolute Gasteiger partial charge is 0.320 e. The van der Waals surface area contributed by atoms with Crippen LogP contribution >= 0.6 is 0 Å². The second kappa shape index (κ2) is 5.50. The van der Waals surface area contributed by atoms with Crippen molar-refractivity contribution in [1.29, 1.82) is 0 Å². The van der Waals surface area contributed by atoms with Crippen LogP contribution in [0.25, 0.3) is 0 Å². The predicted octanol–water partition coefficient (Wildman–Crippen LogP) is 2.37. The highest BCUT2D eigenvalue weighted by Gasteiger charge is 2.24. The van der Waals surface area contributed by atoms with Crippen LogP contribution in [0.3, 0.4) is 0 Å². The van der Waals surface area contributed by atoms with Gasteiger partial charge in [0.1, 0.15) is 6.04 Å². The molecule has 0 amide bonds. The molecule has 0 aliphatic carbocycles. The second-order valence-electron chi connectivity index (χ2n) is 5.74. The zero-order valence-corrected chi connectivity index (χ0v) is 10.8. The molecule has 0 aliphatic rings. The summed E-state index contributed by atoms with van der Waals surface area (Å²) < 4.78 is 0. The Labute approximate surface area is 93.3 Å². The third-order valence-electron chi connectivity index (χ3n) is 3.06. The van der Waals surface area contributed by atoms with Gasteiger partial charge in [0.25, 0.3) is 0 Å². The summed E-state index contributed by atoms with van der Waals surface area (Å²) in [5.74, 6) is -0.182. The van der Waals surface area contributed by atoms with Crippen LogP contribution < -0.4 is 5.32 Å². The highest BCUT2D eigenvalue weighted by atomic mass is 16.4. The molecule has 0 saturated heterocycles. The van der Waals surface area contributed by atoms with Crippen LogP contribution in [0.5, 0.6) is 0 Å². The zero-order chi connectivity index (χ0) is 12.2. The molecule has 15 heavy (non-hydrogen) atoms. The molecule has 3 nitrogen and oxygen atoms in total. The lowest BCUT2D eigenvalue weighted by atomic mass is 9.82. The van der Waals surface area contributed by atoms with E-state index in [0.717, 1.165) is 6.54 Å². The van der Waals surface area contributed by atoms with Gasteiger partial charge in [0.15, 0.2) is 0 Å². The number of carbonyl (C=O) groups is 1.